The average Bonchev–Trinajstić information content (AvgIpc) is 2.77. The second-order valence-electron chi connectivity index (χ2n) is 3.87. The Hall–Kier alpha value is -1.39. The van der Waals surface area contributed by atoms with E-state index in [0.29, 0.717) is 6.54 Å². The van der Waals surface area contributed by atoms with Gasteiger partial charge in [0.05, 0.1) is 18.3 Å². The van der Waals surface area contributed by atoms with Gasteiger partial charge in [-0.05, 0) is 32.0 Å². The molecule has 0 aliphatic rings. The minimum absolute atomic E-state index is 0.642. The minimum atomic E-state index is 0.642. The number of nitrogens with zero attached hydrogens (tertiary/aromatic N) is 1. The zero-order valence-corrected chi connectivity index (χ0v) is 10.9. The zero-order chi connectivity index (χ0) is 12.3. The predicted octanol–water partition coefficient (Wildman–Crippen LogP) is 2.63. The molecule has 0 amide bonds. The third kappa shape index (κ3) is 2.48. The Balaban J connectivity index is 2.51. The highest BCUT2D eigenvalue weighted by Crippen LogP contribution is 2.33. The third-order valence-electron chi connectivity index (χ3n) is 2.62. The Morgan fingerprint density at radius 3 is 2.94 bits per heavy atom. The third-order valence-corrected chi connectivity index (χ3v) is 3.52. The van der Waals surface area contributed by atoms with Gasteiger partial charge in [0.25, 0.3) is 0 Å². The average molecular weight is 248 g/mol. The maximum absolute atomic E-state index is 5.61. The molecule has 0 unspecified atom stereocenters. The van der Waals surface area contributed by atoms with Crippen LogP contribution in [-0.2, 0) is 6.42 Å². The molecule has 90 valence electrons. The van der Waals surface area contributed by atoms with E-state index in [2.05, 4.69) is 18.0 Å². The largest absolute Gasteiger partial charge is 0.496 e. The molecular weight excluding hydrogens is 232 g/mol. The molecule has 0 aliphatic carbocycles. The summed E-state index contributed by atoms with van der Waals surface area (Å²) in [7, 11) is 1.68. The number of aryl methyl sites for hydroxylation is 1. The molecule has 0 saturated carbocycles. The molecule has 1 heterocycles. The molecule has 3 nitrogen and oxygen atoms in total. The summed E-state index contributed by atoms with van der Waals surface area (Å²) < 4.78 is 5.39. The van der Waals surface area contributed by atoms with Crippen molar-refractivity contribution >= 4 is 11.3 Å². The lowest BCUT2D eigenvalue weighted by molar-refractivity contribution is 0.416. The summed E-state index contributed by atoms with van der Waals surface area (Å²) in [5.41, 5.74) is 10.7. The van der Waals surface area contributed by atoms with Crippen molar-refractivity contribution in [3.63, 3.8) is 0 Å². The minimum Gasteiger partial charge on any atom is -0.496 e. The Labute approximate surface area is 105 Å². The lowest BCUT2D eigenvalue weighted by atomic mass is 10.1. The van der Waals surface area contributed by atoms with Crippen LogP contribution in [0, 0.1) is 6.92 Å². The van der Waals surface area contributed by atoms with Crippen LogP contribution in [0.2, 0.25) is 0 Å². The highest BCUT2D eigenvalue weighted by molar-refractivity contribution is 7.10. The van der Waals surface area contributed by atoms with Crippen LogP contribution in [0.15, 0.2) is 23.7 Å². The quantitative estimate of drug-likeness (QED) is 0.904. The van der Waals surface area contributed by atoms with Gasteiger partial charge in [-0.3, -0.25) is 0 Å². The molecule has 0 saturated heterocycles. The monoisotopic (exact) mass is 248 g/mol. The summed E-state index contributed by atoms with van der Waals surface area (Å²) in [6, 6.07) is 6.13. The molecule has 0 bridgehead atoms. The number of nitrogens with two attached hydrogens (primary N) is 1. The van der Waals surface area contributed by atoms with Gasteiger partial charge in [-0.2, -0.15) is 0 Å². The van der Waals surface area contributed by atoms with Gasteiger partial charge >= 0.3 is 0 Å². The topological polar surface area (TPSA) is 48.1 Å². The summed E-state index contributed by atoms with van der Waals surface area (Å²) in [6.45, 7) is 2.71. The molecule has 0 atom stereocenters. The van der Waals surface area contributed by atoms with Crippen molar-refractivity contribution < 1.29 is 4.74 Å². The van der Waals surface area contributed by atoms with E-state index in [0.717, 1.165) is 23.4 Å². The fourth-order valence-corrected chi connectivity index (χ4v) is 2.60. The fourth-order valence-electron chi connectivity index (χ4n) is 1.81. The molecule has 1 aromatic heterocycles. The molecule has 2 aromatic rings. The van der Waals surface area contributed by atoms with Crippen LogP contribution < -0.4 is 10.5 Å². The predicted molar refractivity (Wildman–Crippen MR) is 71.6 cm³/mol. The van der Waals surface area contributed by atoms with Crippen LogP contribution in [0.4, 0.5) is 0 Å². The summed E-state index contributed by atoms with van der Waals surface area (Å²) in [5.74, 6) is 0.861. The van der Waals surface area contributed by atoms with E-state index < -0.39 is 0 Å². The summed E-state index contributed by atoms with van der Waals surface area (Å²) in [5, 5.41) is 0. The van der Waals surface area contributed by atoms with E-state index in [4.69, 9.17) is 10.5 Å². The molecule has 17 heavy (non-hydrogen) atoms. The van der Waals surface area contributed by atoms with Crippen molar-refractivity contribution in [1.82, 2.24) is 4.98 Å². The number of aromatic nitrogens is 1. The van der Waals surface area contributed by atoms with Gasteiger partial charge in [0.15, 0.2) is 0 Å². The van der Waals surface area contributed by atoms with Crippen molar-refractivity contribution in [2.24, 2.45) is 5.73 Å². The van der Waals surface area contributed by atoms with Crippen molar-refractivity contribution in [2.45, 2.75) is 13.3 Å². The van der Waals surface area contributed by atoms with Crippen LogP contribution in [0.25, 0.3) is 11.3 Å². The first-order valence-corrected chi connectivity index (χ1v) is 6.41. The number of hydrogen-bond acceptors (Lipinski definition) is 4. The Morgan fingerprint density at radius 1 is 1.41 bits per heavy atom. The van der Waals surface area contributed by atoms with Gasteiger partial charge in [-0.1, -0.05) is 11.6 Å². The number of methoxy groups -OCH3 is 1. The molecular formula is C13H16N2OS. The number of ether oxygens (including phenoxy) is 1. The van der Waals surface area contributed by atoms with E-state index in [9.17, 15) is 0 Å². The highest BCUT2D eigenvalue weighted by atomic mass is 32.1. The van der Waals surface area contributed by atoms with E-state index in [-0.39, 0.29) is 0 Å². The summed E-state index contributed by atoms with van der Waals surface area (Å²) in [6.07, 6.45) is 0.858. The maximum Gasteiger partial charge on any atom is 0.128 e. The molecule has 2 rings (SSSR count). The lowest BCUT2D eigenvalue weighted by Gasteiger charge is -2.09. The van der Waals surface area contributed by atoms with Gasteiger partial charge in [-0.25, -0.2) is 4.98 Å². The van der Waals surface area contributed by atoms with E-state index in [1.165, 1.54) is 10.4 Å². The second-order valence-corrected chi connectivity index (χ2v) is 4.81. The first-order chi connectivity index (χ1) is 8.26. The standard InChI is InChI=1S/C13H16N2OS/c1-9-3-4-11(16-2)10(7-9)13-12(5-6-14)17-8-15-13/h3-4,7-8H,5-6,14H2,1-2H3. The van der Waals surface area contributed by atoms with Crippen LogP contribution in [-0.4, -0.2) is 18.6 Å². The van der Waals surface area contributed by atoms with Crippen molar-refractivity contribution in [2.75, 3.05) is 13.7 Å². The molecule has 0 spiro atoms. The SMILES string of the molecule is COc1ccc(C)cc1-c1ncsc1CCN. The lowest BCUT2D eigenvalue weighted by Crippen LogP contribution is -2.02. The highest BCUT2D eigenvalue weighted by Gasteiger charge is 2.13. The van der Waals surface area contributed by atoms with Crippen LogP contribution in [0.3, 0.4) is 0 Å². The Bertz CT molecular complexity index is 508. The fraction of sp³-hybridized carbons (Fsp3) is 0.308. The molecule has 0 fully saturated rings. The number of rotatable bonds is 4. The van der Waals surface area contributed by atoms with Crippen LogP contribution in [0.1, 0.15) is 10.4 Å². The van der Waals surface area contributed by atoms with E-state index >= 15 is 0 Å². The summed E-state index contributed by atoms with van der Waals surface area (Å²) in [4.78, 5) is 5.66. The number of benzene rings is 1. The van der Waals surface area contributed by atoms with Crippen molar-refractivity contribution in [3.05, 3.63) is 34.2 Å². The van der Waals surface area contributed by atoms with Gasteiger partial charge in [0.1, 0.15) is 5.75 Å². The number of thiazole rings is 1. The van der Waals surface area contributed by atoms with Gasteiger partial charge in [0, 0.05) is 10.4 Å². The molecule has 0 radical (unpaired) electrons. The van der Waals surface area contributed by atoms with Crippen LogP contribution in [0.5, 0.6) is 5.75 Å². The second kappa shape index (κ2) is 5.29. The molecule has 4 heteroatoms. The summed E-state index contributed by atoms with van der Waals surface area (Å²) >= 11 is 1.65. The zero-order valence-electron chi connectivity index (χ0n) is 10.1. The number of hydrogen-bond donors (Lipinski definition) is 1. The first kappa shape index (κ1) is 12.1. The maximum atomic E-state index is 5.61. The molecule has 0 aliphatic heterocycles. The van der Waals surface area contributed by atoms with E-state index in [1.54, 1.807) is 18.4 Å². The van der Waals surface area contributed by atoms with Gasteiger partial charge in [0.2, 0.25) is 0 Å². The Morgan fingerprint density at radius 2 is 2.24 bits per heavy atom. The molecule has 1 aromatic carbocycles. The Kier molecular flexibility index (Phi) is 3.76. The van der Waals surface area contributed by atoms with Crippen molar-refractivity contribution in [1.29, 1.82) is 0 Å². The molecule has 2 N–H and O–H groups in total. The normalized spacial score (nSPS) is 10.5. The van der Waals surface area contributed by atoms with Crippen LogP contribution >= 0.6 is 11.3 Å². The van der Waals surface area contributed by atoms with Gasteiger partial charge < -0.3 is 10.5 Å². The van der Waals surface area contributed by atoms with E-state index in [1.807, 2.05) is 17.6 Å². The van der Waals surface area contributed by atoms with Gasteiger partial charge in [-0.15, -0.1) is 11.3 Å². The van der Waals surface area contributed by atoms with Crippen molar-refractivity contribution in [3.8, 4) is 17.0 Å². The smallest absolute Gasteiger partial charge is 0.128 e. The first-order valence-electron chi connectivity index (χ1n) is 5.53.